The standard InChI is InChI=1S/C11H14ClNO/c1-13-6-11-9-5-3-2-4-8(9)10(12)7-14-11/h2-5,10-11,13H,6-7H2,1H3. The zero-order valence-corrected chi connectivity index (χ0v) is 8.92. The molecule has 0 aliphatic carbocycles. The van der Waals surface area contributed by atoms with E-state index in [-0.39, 0.29) is 11.5 Å². The molecule has 0 amide bonds. The van der Waals surface area contributed by atoms with Gasteiger partial charge < -0.3 is 10.1 Å². The van der Waals surface area contributed by atoms with Gasteiger partial charge in [-0.2, -0.15) is 0 Å². The Morgan fingerprint density at radius 1 is 1.43 bits per heavy atom. The zero-order valence-electron chi connectivity index (χ0n) is 8.16. The molecule has 2 nitrogen and oxygen atoms in total. The van der Waals surface area contributed by atoms with Gasteiger partial charge in [0.2, 0.25) is 0 Å². The molecule has 1 aliphatic rings. The van der Waals surface area contributed by atoms with Gasteiger partial charge >= 0.3 is 0 Å². The highest BCUT2D eigenvalue weighted by Gasteiger charge is 2.25. The normalized spacial score (nSPS) is 25.9. The topological polar surface area (TPSA) is 21.3 Å². The van der Waals surface area contributed by atoms with Crippen LogP contribution in [0.4, 0.5) is 0 Å². The zero-order chi connectivity index (χ0) is 9.97. The minimum absolute atomic E-state index is 0.000642. The van der Waals surface area contributed by atoms with E-state index in [4.69, 9.17) is 16.3 Å². The lowest BCUT2D eigenvalue weighted by Crippen LogP contribution is -2.26. The predicted molar refractivity (Wildman–Crippen MR) is 57.7 cm³/mol. The van der Waals surface area contributed by atoms with Crippen molar-refractivity contribution in [3.63, 3.8) is 0 Å². The molecule has 0 saturated carbocycles. The first-order chi connectivity index (χ1) is 6.83. The molecule has 0 aromatic heterocycles. The summed E-state index contributed by atoms with van der Waals surface area (Å²) < 4.78 is 5.66. The fourth-order valence-corrected chi connectivity index (χ4v) is 2.10. The van der Waals surface area contributed by atoms with Crippen molar-refractivity contribution in [2.24, 2.45) is 0 Å². The monoisotopic (exact) mass is 211 g/mol. The molecule has 1 aromatic carbocycles. The summed E-state index contributed by atoms with van der Waals surface area (Å²) in [6.07, 6.45) is 0.145. The second kappa shape index (κ2) is 4.30. The van der Waals surface area contributed by atoms with Crippen LogP contribution in [0.5, 0.6) is 0 Å². The van der Waals surface area contributed by atoms with Crippen LogP contribution in [-0.4, -0.2) is 20.2 Å². The van der Waals surface area contributed by atoms with Crippen molar-refractivity contribution in [3.05, 3.63) is 35.4 Å². The van der Waals surface area contributed by atoms with E-state index in [1.807, 2.05) is 19.2 Å². The van der Waals surface area contributed by atoms with Crippen LogP contribution in [0.3, 0.4) is 0 Å². The molecule has 1 heterocycles. The SMILES string of the molecule is CNCC1OCC(Cl)c2ccccc21. The van der Waals surface area contributed by atoms with Crippen LogP contribution in [0.25, 0.3) is 0 Å². The van der Waals surface area contributed by atoms with Crippen molar-refractivity contribution in [1.82, 2.24) is 5.32 Å². The summed E-state index contributed by atoms with van der Waals surface area (Å²) in [5.74, 6) is 0. The van der Waals surface area contributed by atoms with Crippen molar-refractivity contribution in [3.8, 4) is 0 Å². The van der Waals surface area contributed by atoms with E-state index in [1.54, 1.807) is 0 Å². The van der Waals surface area contributed by atoms with Gasteiger partial charge in [-0.25, -0.2) is 0 Å². The Morgan fingerprint density at radius 2 is 2.14 bits per heavy atom. The molecule has 14 heavy (non-hydrogen) atoms. The minimum atomic E-state index is -0.000642. The van der Waals surface area contributed by atoms with Crippen LogP contribution < -0.4 is 5.32 Å². The number of hydrogen-bond acceptors (Lipinski definition) is 2. The Balaban J connectivity index is 2.31. The summed E-state index contributed by atoms with van der Waals surface area (Å²) in [4.78, 5) is 0. The Morgan fingerprint density at radius 3 is 2.86 bits per heavy atom. The molecule has 1 aliphatic heterocycles. The quantitative estimate of drug-likeness (QED) is 0.758. The number of benzene rings is 1. The molecule has 2 rings (SSSR count). The lowest BCUT2D eigenvalue weighted by atomic mass is 9.97. The summed E-state index contributed by atoms with van der Waals surface area (Å²) in [6, 6.07) is 8.22. The summed E-state index contributed by atoms with van der Waals surface area (Å²) in [5, 5.41) is 3.12. The van der Waals surface area contributed by atoms with E-state index >= 15 is 0 Å². The Labute approximate surface area is 89.2 Å². The molecule has 0 radical (unpaired) electrons. The molecule has 76 valence electrons. The highest BCUT2D eigenvalue weighted by atomic mass is 35.5. The van der Waals surface area contributed by atoms with E-state index in [0.29, 0.717) is 6.61 Å². The van der Waals surface area contributed by atoms with E-state index in [9.17, 15) is 0 Å². The van der Waals surface area contributed by atoms with Gasteiger partial charge in [0, 0.05) is 6.54 Å². The van der Waals surface area contributed by atoms with Crippen molar-refractivity contribution in [1.29, 1.82) is 0 Å². The Kier molecular flexibility index (Phi) is 3.06. The maximum Gasteiger partial charge on any atom is 0.0953 e. The van der Waals surface area contributed by atoms with Crippen LogP contribution in [0, 0.1) is 0 Å². The van der Waals surface area contributed by atoms with Gasteiger partial charge in [0.15, 0.2) is 0 Å². The highest BCUT2D eigenvalue weighted by molar-refractivity contribution is 6.21. The molecule has 1 aromatic rings. The highest BCUT2D eigenvalue weighted by Crippen LogP contribution is 2.35. The summed E-state index contributed by atoms with van der Waals surface area (Å²) in [6.45, 7) is 1.44. The number of halogens is 1. The van der Waals surface area contributed by atoms with Gasteiger partial charge in [-0.3, -0.25) is 0 Å². The number of likely N-dealkylation sites (N-methyl/N-ethyl adjacent to an activating group) is 1. The van der Waals surface area contributed by atoms with Crippen LogP contribution in [0.1, 0.15) is 22.6 Å². The van der Waals surface area contributed by atoms with Gasteiger partial charge in [-0.15, -0.1) is 11.6 Å². The molecular weight excluding hydrogens is 198 g/mol. The number of rotatable bonds is 2. The third-order valence-electron chi connectivity index (χ3n) is 2.51. The van der Waals surface area contributed by atoms with E-state index in [2.05, 4.69) is 17.4 Å². The number of ether oxygens (including phenoxy) is 1. The van der Waals surface area contributed by atoms with Gasteiger partial charge in [-0.05, 0) is 18.2 Å². The second-order valence-corrected chi connectivity index (χ2v) is 4.00. The van der Waals surface area contributed by atoms with Gasteiger partial charge in [-0.1, -0.05) is 24.3 Å². The lowest BCUT2D eigenvalue weighted by Gasteiger charge is -2.28. The van der Waals surface area contributed by atoms with Gasteiger partial charge in [0.05, 0.1) is 18.1 Å². The van der Waals surface area contributed by atoms with Crippen LogP contribution >= 0.6 is 11.6 Å². The first-order valence-electron chi connectivity index (χ1n) is 4.82. The molecule has 0 bridgehead atoms. The molecule has 0 saturated heterocycles. The molecule has 0 fully saturated rings. The lowest BCUT2D eigenvalue weighted by molar-refractivity contribution is 0.0412. The first-order valence-corrected chi connectivity index (χ1v) is 5.25. The maximum absolute atomic E-state index is 6.17. The fraction of sp³-hybridized carbons (Fsp3) is 0.455. The first kappa shape index (κ1) is 9.97. The number of nitrogens with one attached hydrogen (secondary N) is 1. The molecular formula is C11H14ClNO. The smallest absolute Gasteiger partial charge is 0.0953 e. The van der Waals surface area contributed by atoms with Gasteiger partial charge in [0.1, 0.15) is 0 Å². The van der Waals surface area contributed by atoms with Crippen LogP contribution in [0.15, 0.2) is 24.3 Å². The van der Waals surface area contributed by atoms with Gasteiger partial charge in [0.25, 0.3) is 0 Å². The van der Waals surface area contributed by atoms with Crippen molar-refractivity contribution < 1.29 is 4.74 Å². The van der Waals surface area contributed by atoms with E-state index < -0.39 is 0 Å². The molecule has 3 heteroatoms. The third-order valence-corrected chi connectivity index (χ3v) is 2.87. The predicted octanol–water partition coefficient (Wildman–Crippen LogP) is 2.26. The molecule has 1 N–H and O–H groups in total. The third kappa shape index (κ3) is 1.78. The van der Waals surface area contributed by atoms with Crippen LogP contribution in [-0.2, 0) is 4.74 Å². The van der Waals surface area contributed by atoms with Crippen molar-refractivity contribution in [2.75, 3.05) is 20.2 Å². The van der Waals surface area contributed by atoms with E-state index in [0.717, 1.165) is 6.54 Å². The number of fused-ring (bicyclic) bond motifs is 1. The molecule has 2 unspecified atom stereocenters. The molecule has 2 atom stereocenters. The number of alkyl halides is 1. The Hall–Kier alpha value is -0.570. The Bertz CT molecular complexity index is 316. The molecule has 0 spiro atoms. The summed E-state index contributed by atoms with van der Waals surface area (Å²) in [5.41, 5.74) is 2.42. The second-order valence-electron chi connectivity index (χ2n) is 3.48. The number of hydrogen-bond donors (Lipinski definition) is 1. The van der Waals surface area contributed by atoms with Crippen molar-refractivity contribution in [2.45, 2.75) is 11.5 Å². The summed E-state index contributed by atoms with van der Waals surface area (Å²) >= 11 is 6.17. The largest absolute Gasteiger partial charge is 0.370 e. The average Bonchev–Trinajstić information content (AvgIpc) is 2.23. The van der Waals surface area contributed by atoms with Crippen LogP contribution in [0.2, 0.25) is 0 Å². The van der Waals surface area contributed by atoms with Crippen molar-refractivity contribution >= 4 is 11.6 Å². The summed E-state index contributed by atoms with van der Waals surface area (Å²) in [7, 11) is 1.93. The van der Waals surface area contributed by atoms with E-state index in [1.165, 1.54) is 11.1 Å². The minimum Gasteiger partial charge on any atom is -0.370 e. The fourth-order valence-electron chi connectivity index (χ4n) is 1.82. The maximum atomic E-state index is 6.17. The average molecular weight is 212 g/mol.